The Morgan fingerprint density at radius 3 is 3.00 bits per heavy atom. The summed E-state index contributed by atoms with van der Waals surface area (Å²) in [4.78, 5) is 14.3. The molecule has 0 spiro atoms. The smallest absolute Gasteiger partial charge is 0.303 e. The molecule has 0 bridgehead atoms. The van der Waals surface area contributed by atoms with Gasteiger partial charge in [-0.05, 0) is 13.3 Å². The molecule has 0 saturated carbocycles. The number of nitrogens with zero attached hydrogens (tertiary/aromatic N) is 1. The Morgan fingerprint density at radius 2 is 2.55 bits per heavy atom. The first kappa shape index (κ1) is 7.98. The number of carboxylic acid groups (broad SMARTS) is 1. The minimum Gasteiger partial charge on any atom is -0.481 e. The van der Waals surface area contributed by atoms with Crippen LogP contribution in [0.3, 0.4) is 0 Å². The van der Waals surface area contributed by atoms with E-state index in [2.05, 4.69) is 4.99 Å². The lowest BCUT2D eigenvalue weighted by Crippen LogP contribution is -1.93. The molecule has 60 valence electrons. The average Bonchev–Trinajstić information content (AvgIpc) is 2.31. The van der Waals surface area contributed by atoms with Gasteiger partial charge < -0.3 is 5.11 Å². The third kappa shape index (κ3) is 2.53. The molecule has 1 N–H and O–H groups in total. The van der Waals surface area contributed by atoms with Crippen LogP contribution in [0.25, 0.3) is 0 Å². The summed E-state index contributed by atoms with van der Waals surface area (Å²) in [6.45, 7) is 1.95. The molecule has 0 unspecified atom stereocenters. The van der Waals surface area contributed by atoms with Gasteiger partial charge in [-0.2, -0.15) is 0 Å². The third-order valence-electron chi connectivity index (χ3n) is 1.56. The van der Waals surface area contributed by atoms with Crippen LogP contribution in [-0.4, -0.2) is 16.8 Å². The highest BCUT2D eigenvalue weighted by Crippen LogP contribution is 2.14. The van der Waals surface area contributed by atoms with Crippen LogP contribution in [0.5, 0.6) is 0 Å². The summed E-state index contributed by atoms with van der Waals surface area (Å²) in [5.41, 5.74) is 2.00. The molecular formula is C8H11NO2. The van der Waals surface area contributed by atoms with E-state index >= 15 is 0 Å². The lowest BCUT2D eigenvalue weighted by molar-refractivity contribution is -0.136. The molecule has 1 aliphatic heterocycles. The monoisotopic (exact) mass is 153 g/mol. The summed E-state index contributed by atoms with van der Waals surface area (Å²) >= 11 is 0. The number of hydrogen-bond acceptors (Lipinski definition) is 2. The Hall–Kier alpha value is -1.12. The van der Waals surface area contributed by atoms with Gasteiger partial charge in [-0.15, -0.1) is 0 Å². The number of hydrogen-bond donors (Lipinski definition) is 1. The summed E-state index contributed by atoms with van der Waals surface area (Å²) in [5.74, 6) is -0.759. The lowest BCUT2D eigenvalue weighted by atomic mass is 10.2. The first-order chi connectivity index (χ1) is 5.18. The molecule has 1 rings (SSSR count). The van der Waals surface area contributed by atoms with Crippen LogP contribution in [0.2, 0.25) is 0 Å². The highest BCUT2D eigenvalue weighted by Gasteiger charge is 2.05. The second-order valence-electron chi connectivity index (χ2n) is 2.64. The van der Waals surface area contributed by atoms with Crippen molar-refractivity contribution >= 4 is 11.7 Å². The molecule has 0 aromatic carbocycles. The Labute approximate surface area is 65.4 Å². The van der Waals surface area contributed by atoms with E-state index in [4.69, 9.17) is 5.11 Å². The molecule has 0 aliphatic carbocycles. The highest BCUT2D eigenvalue weighted by molar-refractivity contribution is 5.86. The molecule has 11 heavy (non-hydrogen) atoms. The van der Waals surface area contributed by atoms with Crippen molar-refractivity contribution < 1.29 is 9.90 Å². The lowest BCUT2D eigenvalue weighted by Gasteiger charge is -1.93. The number of carbonyl (C=O) groups is 1. The quantitative estimate of drug-likeness (QED) is 0.669. The third-order valence-corrected chi connectivity index (χ3v) is 1.56. The minimum absolute atomic E-state index is 0.183. The molecule has 1 heterocycles. The molecule has 0 saturated heterocycles. The maximum absolute atomic E-state index is 10.2. The average molecular weight is 153 g/mol. The van der Waals surface area contributed by atoms with Gasteiger partial charge in [0.05, 0.1) is 6.42 Å². The van der Waals surface area contributed by atoms with Crippen LogP contribution < -0.4 is 0 Å². The van der Waals surface area contributed by atoms with Gasteiger partial charge in [-0.1, -0.05) is 6.08 Å². The van der Waals surface area contributed by atoms with Gasteiger partial charge in [0.15, 0.2) is 0 Å². The maximum Gasteiger partial charge on any atom is 0.303 e. The Balaban J connectivity index is 2.34. The largest absolute Gasteiger partial charge is 0.481 e. The standard InChI is InChI=1S/C8H11NO2/c1-6-2-3-7(9-6)4-5-8(10)11/h3H,2,4-5H2,1H3,(H,10,11). The Morgan fingerprint density at radius 1 is 1.82 bits per heavy atom. The molecule has 0 radical (unpaired) electrons. The van der Waals surface area contributed by atoms with Crippen LogP contribution in [0.4, 0.5) is 0 Å². The summed E-state index contributed by atoms with van der Waals surface area (Å²) < 4.78 is 0. The number of allylic oxidation sites excluding steroid dienone is 2. The highest BCUT2D eigenvalue weighted by atomic mass is 16.4. The molecule has 3 nitrogen and oxygen atoms in total. The minimum atomic E-state index is -0.759. The van der Waals surface area contributed by atoms with Crippen molar-refractivity contribution in [1.82, 2.24) is 0 Å². The van der Waals surface area contributed by atoms with Gasteiger partial charge >= 0.3 is 5.97 Å². The molecule has 1 aliphatic rings. The number of aliphatic imine (C=N–C) groups is 1. The van der Waals surface area contributed by atoms with E-state index in [1.165, 1.54) is 0 Å². The summed E-state index contributed by atoms with van der Waals surface area (Å²) in [7, 11) is 0. The molecule has 3 heteroatoms. The predicted molar refractivity (Wildman–Crippen MR) is 42.7 cm³/mol. The van der Waals surface area contributed by atoms with Crippen LogP contribution in [0.1, 0.15) is 26.2 Å². The molecule has 0 aromatic rings. The van der Waals surface area contributed by atoms with Crippen LogP contribution in [0.15, 0.2) is 16.8 Å². The topological polar surface area (TPSA) is 49.7 Å². The van der Waals surface area contributed by atoms with Crippen molar-refractivity contribution in [2.45, 2.75) is 26.2 Å². The Kier molecular flexibility index (Phi) is 2.41. The van der Waals surface area contributed by atoms with Crippen molar-refractivity contribution in [2.75, 3.05) is 0 Å². The Bertz CT molecular complexity index is 228. The van der Waals surface area contributed by atoms with Gasteiger partial charge in [0.25, 0.3) is 0 Å². The maximum atomic E-state index is 10.2. The van der Waals surface area contributed by atoms with Gasteiger partial charge in [-0.3, -0.25) is 9.79 Å². The van der Waals surface area contributed by atoms with E-state index in [1.807, 2.05) is 13.0 Å². The second-order valence-corrected chi connectivity index (χ2v) is 2.64. The van der Waals surface area contributed by atoms with E-state index < -0.39 is 5.97 Å². The summed E-state index contributed by atoms with van der Waals surface area (Å²) in [5, 5.41) is 8.36. The van der Waals surface area contributed by atoms with E-state index in [-0.39, 0.29) is 6.42 Å². The van der Waals surface area contributed by atoms with Crippen LogP contribution in [-0.2, 0) is 4.79 Å². The zero-order valence-corrected chi connectivity index (χ0v) is 6.50. The first-order valence-corrected chi connectivity index (χ1v) is 3.63. The van der Waals surface area contributed by atoms with Crippen LogP contribution in [0, 0.1) is 0 Å². The van der Waals surface area contributed by atoms with Gasteiger partial charge in [0, 0.05) is 17.8 Å². The zero-order chi connectivity index (χ0) is 8.27. The fourth-order valence-corrected chi connectivity index (χ4v) is 0.995. The van der Waals surface area contributed by atoms with Crippen molar-refractivity contribution in [1.29, 1.82) is 0 Å². The van der Waals surface area contributed by atoms with E-state index in [0.29, 0.717) is 6.42 Å². The number of carboxylic acids is 1. The van der Waals surface area contributed by atoms with Gasteiger partial charge in [0.1, 0.15) is 0 Å². The van der Waals surface area contributed by atoms with E-state index in [0.717, 1.165) is 17.8 Å². The predicted octanol–water partition coefficient (Wildman–Crippen LogP) is 1.60. The number of rotatable bonds is 3. The normalized spacial score (nSPS) is 16.1. The van der Waals surface area contributed by atoms with E-state index in [9.17, 15) is 4.79 Å². The summed E-state index contributed by atoms with van der Waals surface area (Å²) in [6, 6.07) is 0. The first-order valence-electron chi connectivity index (χ1n) is 3.63. The second kappa shape index (κ2) is 3.32. The summed E-state index contributed by atoms with van der Waals surface area (Å²) in [6.07, 6.45) is 3.61. The fourth-order valence-electron chi connectivity index (χ4n) is 0.995. The van der Waals surface area contributed by atoms with E-state index in [1.54, 1.807) is 0 Å². The molecule has 0 aromatic heterocycles. The van der Waals surface area contributed by atoms with Crippen molar-refractivity contribution in [3.63, 3.8) is 0 Å². The van der Waals surface area contributed by atoms with Crippen LogP contribution >= 0.6 is 0 Å². The molecular weight excluding hydrogens is 142 g/mol. The zero-order valence-electron chi connectivity index (χ0n) is 6.50. The van der Waals surface area contributed by atoms with Gasteiger partial charge in [0.2, 0.25) is 0 Å². The van der Waals surface area contributed by atoms with Gasteiger partial charge in [-0.25, -0.2) is 0 Å². The van der Waals surface area contributed by atoms with Crippen molar-refractivity contribution in [2.24, 2.45) is 4.99 Å². The SMILES string of the molecule is CC1=NC(CCC(=O)O)=CC1. The fraction of sp³-hybridized carbons (Fsp3) is 0.500. The van der Waals surface area contributed by atoms with Crippen molar-refractivity contribution in [3.8, 4) is 0 Å². The molecule has 0 atom stereocenters. The molecule has 0 fully saturated rings. The van der Waals surface area contributed by atoms with Crippen molar-refractivity contribution in [3.05, 3.63) is 11.8 Å². The molecule has 0 amide bonds. The number of aliphatic carboxylic acids is 1.